The standard InChI is InChI=1S/C22H31N3O4.HI/c1-6-23-22(24-11-10-16-8-7-9-18(12-16)26-2)25-15-17-13-19(27-3)21(29-5)20(14-17)28-4;/h7-9,12-14H,6,10-11,15H2,1-5H3,(H2,23,24,25);1H. The molecule has 0 unspecified atom stereocenters. The summed E-state index contributed by atoms with van der Waals surface area (Å²) < 4.78 is 21.5. The monoisotopic (exact) mass is 529 g/mol. The van der Waals surface area contributed by atoms with Crippen LogP contribution in [0, 0.1) is 0 Å². The van der Waals surface area contributed by atoms with Crippen LogP contribution in [0.3, 0.4) is 0 Å². The fraction of sp³-hybridized carbons (Fsp3) is 0.409. The highest BCUT2D eigenvalue weighted by Gasteiger charge is 2.13. The van der Waals surface area contributed by atoms with Crippen LogP contribution in [-0.4, -0.2) is 47.5 Å². The van der Waals surface area contributed by atoms with Gasteiger partial charge in [0.15, 0.2) is 17.5 Å². The van der Waals surface area contributed by atoms with E-state index in [0.717, 1.165) is 36.8 Å². The molecule has 0 aromatic heterocycles. The summed E-state index contributed by atoms with van der Waals surface area (Å²) in [6, 6.07) is 11.9. The summed E-state index contributed by atoms with van der Waals surface area (Å²) in [6.07, 6.45) is 0.867. The van der Waals surface area contributed by atoms with E-state index in [9.17, 15) is 0 Å². The molecule has 0 bridgehead atoms. The van der Waals surface area contributed by atoms with Crippen molar-refractivity contribution in [3.63, 3.8) is 0 Å². The van der Waals surface area contributed by atoms with Gasteiger partial charge in [0.2, 0.25) is 5.75 Å². The third kappa shape index (κ3) is 7.47. The van der Waals surface area contributed by atoms with Crippen molar-refractivity contribution < 1.29 is 18.9 Å². The number of hydrogen-bond acceptors (Lipinski definition) is 5. The minimum Gasteiger partial charge on any atom is -0.497 e. The van der Waals surface area contributed by atoms with Crippen LogP contribution in [0.4, 0.5) is 0 Å². The Bertz CT molecular complexity index is 790. The Labute approximate surface area is 196 Å². The minimum atomic E-state index is 0. The van der Waals surface area contributed by atoms with Crippen molar-refractivity contribution in [3.05, 3.63) is 47.5 Å². The normalized spacial score (nSPS) is 10.6. The van der Waals surface area contributed by atoms with E-state index in [2.05, 4.69) is 21.7 Å². The molecule has 0 spiro atoms. The lowest BCUT2D eigenvalue weighted by molar-refractivity contribution is 0.324. The molecule has 2 aromatic carbocycles. The minimum absolute atomic E-state index is 0. The second-order valence-corrected chi connectivity index (χ2v) is 6.26. The Morgan fingerprint density at radius 3 is 2.13 bits per heavy atom. The molecule has 30 heavy (non-hydrogen) atoms. The van der Waals surface area contributed by atoms with Crippen molar-refractivity contribution in [2.45, 2.75) is 19.9 Å². The van der Waals surface area contributed by atoms with Gasteiger partial charge in [-0.1, -0.05) is 12.1 Å². The number of ether oxygens (including phenoxy) is 4. The van der Waals surface area contributed by atoms with E-state index >= 15 is 0 Å². The summed E-state index contributed by atoms with van der Waals surface area (Å²) in [6.45, 7) is 4.05. The van der Waals surface area contributed by atoms with Crippen molar-refractivity contribution >= 4 is 29.9 Å². The quantitative estimate of drug-likeness (QED) is 0.278. The molecule has 0 radical (unpaired) electrons. The highest BCUT2D eigenvalue weighted by Crippen LogP contribution is 2.38. The van der Waals surface area contributed by atoms with E-state index in [-0.39, 0.29) is 24.0 Å². The Morgan fingerprint density at radius 1 is 0.867 bits per heavy atom. The van der Waals surface area contributed by atoms with E-state index in [1.165, 1.54) is 5.56 Å². The summed E-state index contributed by atoms with van der Waals surface area (Å²) >= 11 is 0. The van der Waals surface area contributed by atoms with E-state index in [0.29, 0.717) is 23.8 Å². The molecular weight excluding hydrogens is 497 g/mol. The Kier molecular flexibility index (Phi) is 11.8. The molecule has 8 heteroatoms. The van der Waals surface area contributed by atoms with E-state index in [1.807, 2.05) is 37.3 Å². The summed E-state index contributed by atoms with van der Waals surface area (Å²) in [7, 11) is 6.48. The lowest BCUT2D eigenvalue weighted by Gasteiger charge is -2.14. The highest BCUT2D eigenvalue weighted by molar-refractivity contribution is 14.0. The Balaban J connectivity index is 0.00000450. The fourth-order valence-electron chi connectivity index (χ4n) is 2.89. The van der Waals surface area contributed by atoms with Crippen LogP contribution in [0.1, 0.15) is 18.1 Å². The number of benzene rings is 2. The third-order valence-corrected chi connectivity index (χ3v) is 4.33. The van der Waals surface area contributed by atoms with Crippen LogP contribution in [-0.2, 0) is 13.0 Å². The number of rotatable bonds is 10. The molecule has 166 valence electrons. The smallest absolute Gasteiger partial charge is 0.203 e. The zero-order valence-electron chi connectivity index (χ0n) is 18.3. The number of aliphatic imine (C=N–C) groups is 1. The zero-order chi connectivity index (χ0) is 21.1. The van der Waals surface area contributed by atoms with E-state index < -0.39 is 0 Å². The molecule has 0 atom stereocenters. The van der Waals surface area contributed by atoms with Gasteiger partial charge in [-0.2, -0.15) is 0 Å². The summed E-state index contributed by atoms with van der Waals surface area (Å²) in [4.78, 5) is 4.67. The molecule has 2 rings (SSSR count). The van der Waals surface area contributed by atoms with Gasteiger partial charge in [-0.25, -0.2) is 4.99 Å². The fourth-order valence-corrected chi connectivity index (χ4v) is 2.89. The molecule has 0 heterocycles. The van der Waals surface area contributed by atoms with Crippen LogP contribution in [0.5, 0.6) is 23.0 Å². The number of guanidine groups is 1. The first-order chi connectivity index (χ1) is 14.1. The molecule has 7 nitrogen and oxygen atoms in total. The molecule has 0 aliphatic carbocycles. The second kappa shape index (κ2) is 13.8. The molecule has 2 aromatic rings. The van der Waals surface area contributed by atoms with Gasteiger partial charge in [0, 0.05) is 13.1 Å². The van der Waals surface area contributed by atoms with Gasteiger partial charge in [-0.3, -0.25) is 0 Å². The number of nitrogens with one attached hydrogen (secondary N) is 2. The van der Waals surface area contributed by atoms with Crippen LogP contribution < -0.4 is 29.6 Å². The zero-order valence-corrected chi connectivity index (χ0v) is 20.6. The van der Waals surface area contributed by atoms with Crippen molar-refractivity contribution in [1.82, 2.24) is 10.6 Å². The first kappa shape index (κ1) is 25.7. The van der Waals surface area contributed by atoms with Gasteiger partial charge in [0.1, 0.15) is 5.75 Å². The van der Waals surface area contributed by atoms with Crippen LogP contribution in [0.2, 0.25) is 0 Å². The molecule has 0 aliphatic heterocycles. The maximum absolute atomic E-state index is 5.41. The Morgan fingerprint density at radius 2 is 1.57 bits per heavy atom. The molecule has 0 amide bonds. The van der Waals surface area contributed by atoms with Gasteiger partial charge in [-0.15, -0.1) is 24.0 Å². The van der Waals surface area contributed by atoms with Gasteiger partial charge >= 0.3 is 0 Å². The van der Waals surface area contributed by atoms with Crippen LogP contribution in [0.25, 0.3) is 0 Å². The number of halogens is 1. The predicted octanol–water partition coefficient (Wildman–Crippen LogP) is 3.64. The number of hydrogen-bond donors (Lipinski definition) is 2. The summed E-state index contributed by atoms with van der Waals surface area (Å²) in [5, 5.41) is 6.64. The van der Waals surface area contributed by atoms with Crippen LogP contribution >= 0.6 is 24.0 Å². The topological polar surface area (TPSA) is 73.3 Å². The predicted molar refractivity (Wildman–Crippen MR) is 131 cm³/mol. The first-order valence-electron chi connectivity index (χ1n) is 9.59. The lowest BCUT2D eigenvalue weighted by atomic mass is 10.1. The van der Waals surface area contributed by atoms with Gasteiger partial charge in [-0.05, 0) is 48.7 Å². The van der Waals surface area contributed by atoms with Crippen molar-refractivity contribution in [1.29, 1.82) is 0 Å². The lowest BCUT2D eigenvalue weighted by Crippen LogP contribution is -2.38. The van der Waals surface area contributed by atoms with Crippen LogP contribution in [0.15, 0.2) is 41.4 Å². The van der Waals surface area contributed by atoms with Crippen molar-refractivity contribution in [3.8, 4) is 23.0 Å². The maximum Gasteiger partial charge on any atom is 0.203 e. The molecule has 0 saturated heterocycles. The van der Waals surface area contributed by atoms with Crippen molar-refractivity contribution in [2.24, 2.45) is 4.99 Å². The largest absolute Gasteiger partial charge is 0.497 e. The molecule has 0 fully saturated rings. The average molecular weight is 529 g/mol. The summed E-state index contributed by atoms with van der Waals surface area (Å²) in [5.41, 5.74) is 2.17. The SMILES string of the molecule is CCNC(=NCc1cc(OC)c(OC)c(OC)c1)NCCc1cccc(OC)c1.I. The number of nitrogens with zero attached hydrogens (tertiary/aromatic N) is 1. The first-order valence-corrected chi connectivity index (χ1v) is 9.59. The maximum atomic E-state index is 5.41. The van der Waals surface area contributed by atoms with E-state index in [4.69, 9.17) is 18.9 Å². The van der Waals surface area contributed by atoms with Gasteiger partial charge in [0.05, 0.1) is 35.0 Å². The third-order valence-electron chi connectivity index (χ3n) is 4.33. The van der Waals surface area contributed by atoms with Gasteiger partial charge < -0.3 is 29.6 Å². The molecule has 0 saturated carbocycles. The average Bonchev–Trinajstić information content (AvgIpc) is 2.76. The van der Waals surface area contributed by atoms with Crippen molar-refractivity contribution in [2.75, 3.05) is 41.5 Å². The highest BCUT2D eigenvalue weighted by atomic mass is 127. The molecular formula is C22H32IN3O4. The van der Waals surface area contributed by atoms with Gasteiger partial charge in [0.25, 0.3) is 0 Å². The molecule has 2 N–H and O–H groups in total. The second-order valence-electron chi connectivity index (χ2n) is 6.26. The molecule has 0 aliphatic rings. The summed E-state index contributed by atoms with van der Waals surface area (Å²) in [5.74, 6) is 3.43. The Hall–Kier alpha value is -2.36. The van der Waals surface area contributed by atoms with E-state index in [1.54, 1.807) is 28.4 Å². The number of methoxy groups -OCH3 is 4.